The molecule has 2 aromatic heterocycles. The van der Waals surface area contributed by atoms with E-state index in [0.29, 0.717) is 17.0 Å². The van der Waals surface area contributed by atoms with Gasteiger partial charge in [0, 0.05) is 16.2 Å². The van der Waals surface area contributed by atoms with E-state index in [-0.39, 0.29) is 13.0 Å². The van der Waals surface area contributed by atoms with Crippen LogP contribution in [0.25, 0.3) is 0 Å². The maximum Gasteiger partial charge on any atom is 0.341 e. The van der Waals surface area contributed by atoms with Gasteiger partial charge >= 0.3 is 11.9 Å². The second kappa shape index (κ2) is 9.49. The number of aryl methyl sites for hydroxylation is 2. The predicted octanol–water partition coefficient (Wildman–Crippen LogP) is 3.72. The molecule has 8 heteroatoms. The summed E-state index contributed by atoms with van der Waals surface area (Å²) in [7, 11) is 1.29. The van der Waals surface area contributed by atoms with Gasteiger partial charge in [0.05, 0.1) is 12.7 Å². The molecule has 2 aromatic rings. The molecule has 0 saturated carbocycles. The average Bonchev–Trinajstić information content (AvgIpc) is 3.21. The van der Waals surface area contributed by atoms with E-state index in [1.807, 2.05) is 24.4 Å². The highest BCUT2D eigenvalue weighted by Crippen LogP contribution is 2.32. The van der Waals surface area contributed by atoms with Crippen molar-refractivity contribution < 1.29 is 23.9 Å². The zero-order chi connectivity index (χ0) is 19.1. The van der Waals surface area contributed by atoms with Crippen molar-refractivity contribution >= 4 is 45.5 Å². The molecule has 26 heavy (non-hydrogen) atoms. The van der Waals surface area contributed by atoms with E-state index < -0.39 is 17.8 Å². The average molecular weight is 396 g/mol. The first-order valence-corrected chi connectivity index (χ1v) is 9.78. The van der Waals surface area contributed by atoms with Crippen LogP contribution in [0.5, 0.6) is 0 Å². The fraction of sp³-hybridized carbons (Fsp3) is 0.389. The summed E-state index contributed by atoms with van der Waals surface area (Å²) in [5, 5.41) is 5.03. The SMILES string of the molecule is COC(=O)c1c(NC(=O)COC(=O)CCCc2cccs2)sc(C)c1C. The quantitative estimate of drug-likeness (QED) is 0.689. The fourth-order valence-corrected chi connectivity index (χ4v) is 4.12. The number of ether oxygens (including phenoxy) is 2. The summed E-state index contributed by atoms with van der Waals surface area (Å²) < 4.78 is 9.76. The molecule has 0 fully saturated rings. The lowest BCUT2D eigenvalue weighted by Gasteiger charge is -2.07. The Labute approximate surface area is 160 Å². The molecule has 6 nitrogen and oxygen atoms in total. The highest BCUT2D eigenvalue weighted by molar-refractivity contribution is 7.16. The number of esters is 2. The summed E-state index contributed by atoms with van der Waals surface area (Å²) in [4.78, 5) is 37.8. The molecule has 2 rings (SSSR count). The number of methoxy groups -OCH3 is 1. The Kier molecular flexibility index (Phi) is 7.35. The van der Waals surface area contributed by atoms with Crippen molar-refractivity contribution in [2.75, 3.05) is 19.0 Å². The molecule has 0 spiro atoms. The van der Waals surface area contributed by atoms with Gasteiger partial charge in [0.25, 0.3) is 5.91 Å². The smallest absolute Gasteiger partial charge is 0.341 e. The number of carbonyl (C=O) groups is 3. The van der Waals surface area contributed by atoms with Crippen molar-refractivity contribution in [3.05, 3.63) is 38.4 Å². The van der Waals surface area contributed by atoms with Gasteiger partial charge in [0.2, 0.25) is 0 Å². The van der Waals surface area contributed by atoms with Crippen molar-refractivity contribution in [3.8, 4) is 0 Å². The van der Waals surface area contributed by atoms with Crippen LogP contribution in [0.4, 0.5) is 5.00 Å². The zero-order valence-corrected chi connectivity index (χ0v) is 16.6. The molecule has 140 valence electrons. The van der Waals surface area contributed by atoms with E-state index in [0.717, 1.165) is 16.9 Å². The molecular weight excluding hydrogens is 374 g/mol. The molecule has 0 aliphatic carbocycles. The molecule has 0 radical (unpaired) electrons. The summed E-state index contributed by atoms with van der Waals surface area (Å²) in [6.45, 7) is 3.27. The highest BCUT2D eigenvalue weighted by Gasteiger charge is 2.21. The summed E-state index contributed by atoms with van der Waals surface area (Å²) >= 11 is 2.94. The number of amides is 1. The summed E-state index contributed by atoms with van der Waals surface area (Å²) in [5.74, 6) is -1.40. The van der Waals surface area contributed by atoms with E-state index in [2.05, 4.69) is 5.32 Å². The lowest BCUT2D eigenvalue weighted by Crippen LogP contribution is -2.21. The third-order valence-corrected chi connectivity index (χ3v) is 5.84. The molecule has 0 aliphatic heterocycles. The molecule has 1 amide bonds. The minimum absolute atomic E-state index is 0.260. The second-order valence-corrected chi connectivity index (χ2v) is 7.88. The van der Waals surface area contributed by atoms with Crippen LogP contribution < -0.4 is 5.32 Å². The Bertz CT molecular complexity index is 780. The molecule has 0 bridgehead atoms. The Hall–Kier alpha value is -2.19. The standard InChI is InChI=1S/C18H21NO5S2/c1-11-12(2)26-17(16(11)18(22)23-3)19-14(20)10-24-15(21)8-4-6-13-7-5-9-25-13/h5,7,9H,4,6,8,10H2,1-3H3,(H,19,20). The third kappa shape index (κ3) is 5.40. The van der Waals surface area contributed by atoms with Gasteiger partial charge in [-0.3, -0.25) is 9.59 Å². The Balaban J connectivity index is 1.80. The van der Waals surface area contributed by atoms with Crippen LogP contribution in [0, 0.1) is 13.8 Å². The minimum atomic E-state index is -0.507. The molecule has 1 N–H and O–H groups in total. The Morgan fingerprint density at radius 2 is 2.00 bits per heavy atom. The topological polar surface area (TPSA) is 81.7 Å². The molecule has 0 unspecified atom stereocenters. The Morgan fingerprint density at radius 3 is 2.65 bits per heavy atom. The lowest BCUT2D eigenvalue weighted by molar-refractivity contribution is -0.147. The monoisotopic (exact) mass is 395 g/mol. The normalized spacial score (nSPS) is 10.4. The summed E-state index contributed by atoms with van der Waals surface area (Å²) in [6, 6.07) is 3.99. The number of rotatable bonds is 8. The van der Waals surface area contributed by atoms with Crippen molar-refractivity contribution in [1.29, 1.82) is 0 Å². The first-order valence-electron chi connectivity index (χ1n) is 8.08. The summed E-state index contributed by atoms with van der Waals surface area (Å²) in [6.07, 6.45) is 1.75. The van der Waals surface area contributed by atoms with Gasteiger partial charge in [0.15, 0.2) is 6.61 Å². The highest BCUT2D eigenvalue weighted by atomic mass is 32.1. The van der Waals surface area contributed by atoms with E-state index in [1.165, 1.54) is 23.3 Å². The molecule has 0 aliphatic rings. The van der Waals surface area contributed by atoms with Gasteiger partial charge in [-0.15, -0.1) is 22.7 Å². The maximum absolute atomic E-state index is 12.0. The first-order chi connectivity index (χ1) is 12.4. The van der Waals surface area contributed by atoms with Gasteiger partial charge in [-0.1, -0.05) is 6.07 Å². The molecule has 0 aromatic carbocycles. The summed E-state index contributed by atoms with van der Waals surface area (Å²) in [5.41, 5.74) is 1.10. The third-order valence-electron chi connectivity index (χ3n) is 3.78. The van der Waals surface area contributed by atoms with Crippen LogP contribution >= 0.6 is 22.7 Å². The van der Waals surface area contributed by atoms with Crippen LogP contribution in [-0.2, 0) is 25.5 Å². The van der Waals surface area contributed by atoms with Crippen LogP contribution in [0.3, 0.4) is 0 Å². The fourth-order valence-electron chi connectivity index (χ4n) is 2.31. The largest absolute Gasteiger partial charge is 0.465 e. The number of anilines is 1. The zero-order valence-electron chi connectivity index (χ0n) is 14.9. The molecule has 0 atom stereocenters. The van der Waals surface area contributed by atoms with Gasteiger partial charge in [-0.2, -0.15) is 0 Å². The van der Waals surface area contributed by atoms with E-state index in [4.69, 9.17) is 9.47 Å². The second-order valence-electron chi connectivity index (χ2n) is 5.62. The molecular formula is C18H21NO5S2. The van der Waals surface area contributed by atoms with Gasteiger partial charge in [-0.05, 0) is 43.7 Å². The number of hydrogen-bond acceptors (Lipinski definition) is 7. The Morgan fingerprint density at radius 1 is 1.23 bits per heavy atom. The van der Waals surface area contributed by atoms with Crippen LogP contribution in [0.2, 0.25) is 0 Å². The number of hydrogen-bond donors (Lipinski definition) is 1. The first kappa shape index (κ1) is 20.1. The van der Waals surface area contributed by atoms with E-state index >= 15 is 0 Å². The maximum atomic E-state index is 12.0. The van der Waals surface area contributed by atoms with Gasteiger partial charge in [0.1, 0.15) is 5.00 Å². The van der Waals surface area contributed by atoms with Gasteiger partial charge in [-0.25, -0.2) is 4.79 Å². The van der Waals surface area contributed by atoms with Crippen LogP contribution in [0.1, 0.15) is 38.5 Å². The predicted molar refractivity (Wildman–Crippen MR) is 102 cm³/mol. The van der Waals surface area contributed by atoms with Crippen molar-refractivity contribution in [2.45, 2.75) is 33.1 Å². The van der Waals surface area contributed by atoms with Crippen molar-refractivity contribution in [3.63, 3.8) is 0 Å². The van der Waals surface area contributed by atoms with Crippen LogP contribution in [0.15, 0.2) is 17.5 Å². The number of nitrogens with one attached hydrogen (secondary N) is 1. The number of thiophene rings is 2. The van der Waals surface area contributed by atoms with Gasteiger partial charge < -0.3 is 14.8 Å². The van der Waals surface area contributed by atoms with Crippen molar-refractivity contribution in [2.24, 2.45) is 0 Å². The van der Waals surface area contributed by atoms with E-state index in [9.17, 15) is 14.4 Å². The number of carbonyl (C=O) groups excluding carboxylic acids is 3. The molecule has 2 heterocycles. The minimum Gasteiger partial charge on any atom is -0.465 e. The lowest BCUT2D eigenvalue weighted by atomic mass is 10.1. The van der Waals surface area contributed by atoms with E-state index in [1.54, 1.807) is 18.3 Å². The molecule has 0 saturated heterocycles. The van der Waals surface area contributed by atoms with Crippen molar-refractivity contribution in [1.82, 2.24) is 0 Å². The van der Waals surface area contributed by atoms with Crippen LogP contribution in [-0.4, -0.2) is 31.6 Å².